The van der Waals surface area contributed by atoms with Crippen molar-refractivity contribution in [3.8, 4) is 0 Å². The van der Waals surface area contributed by atoms with E-state index in [9.17, 15) is 14.4 Å². The summed E-state index contributed by atoms with van der Waals surface area (Å²) in [5, 5.41) is 4.59. The van der Waals surface area contributed by atoms with Crippen molar-refractivity contribution >= 4 is 17.4 Å². The van der Waals surface area contributed by atoms with E-state index in [4.69, 9.17) is 10.5 Å². The number of hydrogen-bond donors (Lipinski definition) is 2. The molecule has 2 aromatic heterocycles. The van der Waals surface area contributed by atoms with Gasteiger partial charge in [-0.15, -0.1) is 0 Å². The molecular formula is C25H34N6O4. The van der Waals surface area contributed by atoms with E-state index < -0.39 is 11.2 Å². The van der Waals surface area contributed by atoms with Gasteiger partial charge in [0, 0.05) is 31.5 Å². The van der Waals surface area contributed by atoms with Crippen LogP contribution in [0.15, 0.2) is 39.9 Å². The zero-order chi connectivity index (χ0) is 25.7. The molecule has 10 nitrogen and oxygen atoms in total. The molecule has 1 amide bonds. The van der Waals surface area contributed by atoms with Crippen molar-refractivity contribution in [3.05, 3.63) is 73.7 Å². The first kappa shape index (κ1) is 26.0. The fourth-order valence-corrected chi connectivity index (χ4v) is 4.07. The molecule has 0 aliphatic rings. The average molecular weight is 483 g/mol. The number of rotatable bonds is 10. The zero-order valence-electron chi connectivity index (χ0n) is 21.0. The van der Waals surface area contributed by atoms with Gasteiger partial charge < -0.3 is 15.4 Å². The molecule has 0 unspecified atom stereocenters. The van der Waals surface area contributed by atoms with Crippen LogP contribution in [0.25, 0.3) is 0 Å². The highest BCUT2D eigenvalue weighted by atomic mass is 16.5. The standard InChI is InChI=1S/C25H34N6O4/c1-16(2)14-31-18(4)20(17(3)28-31)13-21(32)29(11-12-35-5)22-23(26)30(25(34)27-24(22)33)15-19-9-7-6-8-10-19/h6-10,16H,11-15,26H2,1-5H3,(H,27,33,34). The summed E-state index contributed by atoms with van der Waals surface area (Å²) in [5.41, 5.74) is 8.24. The van der Waals surface area contributed by atoms with Crippen LogP contribution in [0.5, 0.6) is 0 Å². The number of carbonyl (C=O) groups is 1. The Morgan fingerprint density at radius 1 is 1.20 bits per heavy atom. The van der Waals surface area contributed by atoms with Gasteiger partial charge in [-0.3, -0.25) is 23.8 Å². The van der Waals surface area contributed by atoms with E-state index in [2.05, 4.69) is 23.9 Å². The molecule has 10 heteroatoms. The number of hydrogen-bond acceptors (Lipinski definition) is 6. The number of benzene rings is 1. The van der Waals surface area contributed by atoms with Crippen molar-refractivity contribution in [2.24, 2.45) is 5.92 Å². The first-order chi connectivity index (χ1) is 16.6. The molecule has 3 rings (SSSR count). The Morgan fingerprint density at radius 3 is 2.51 bits per heavy atom. The van der Waals surface area contributed by atoms with Gasteiger partial charge in [-0.2, -0.15) is 5.10 Å². The number of anilines is 2. The molecule has 0 saturated carbocycles. The van der Waals surface area contributed by atoms with Crippen LogP contribution in [0.2, 0.25) is 0 Å². The molecule has 0 radical (unpaired) electrons. The lowest BCUT2D eigenvalue weighted by Gasteiger charge is -2.24. The lowest BCUT2D eigenvalue weighted by atomic mass is 10.1. The van der Waals surface area contributed by atoms with Gasteiger partial charge in [0.2, 0.25) is 5.91 Å². The molecule has 0 aliphatic carbocycles. The van der Waals surface area contributed by atoms with E-state index in [0.29, 0.717) is 5.92 Å². The molecule has 0 saturated heterocycles. The number of nitrogen functional groups attached to an aromatic ring is 1. The highest BCUT2D eigenvalue weighted by Crippen LogP contribution is 2.21. The van der Waals surface area contributed by atoms with Crippen molar-refractivity contribution in [3.63, 3.8) is 0 Å². The highest BCUT2D eigenvalue weighted by molar-refractivity contribution is 5.97. The zero-order valence-corrected chi connectivity index (χ0v) is 21.0. The number of nitrogens with one attached hydrogen (secondary N) is 1. The van der Waals surface area contributed by atoms with E-state index in [1.54, 1.807) is 0 Å². The van der Waals surface area contributed by atoms with Gasteiger partial charge in [0.25, 0.3) is 5.56 Å². The first-order valence-corrected chi connectivity index (χ1v) is 11.6. The molecule has 0 bridgehead atoms. The Kier molecular flexibility index (Phi) is 8.29. The Bertz CT molecular complexity index is 1290. The maximum Gasteiger partial charge on any atom is 0.330 e. The number of aromatic amines is 1. The van der Waals surface area contributed by atoms with Gasteiger partial charge in [-0.25, -0.2) is 4.79 Å². The van der Waals surface area contributed by atoms with Crippen LogP contribution in [0, 0.1) is 19.8 Å². The molecule has 0 atom stereocenters. The second kappa shape index (κ2) is 11.2. The Balaban J connectivity index is 2.01. The monoisotopic (exact) mass is 482 g/mol. The van der Waals surface area contributed by atoms with E-state index in [-0.39, 0.29) is 43.5 Å². The van der Waals surface area contributed by atoms with Gasteiger partial charge in [-0.05, 0) is 25.3 Å². The molecule has 188 valence electrons. The number of nitrogens with two attached hydrogens (primary N) is 1. The summed E-state index contributed by atoms with van der Waals surface area (Å²) in [6.07, 6.45) is 0.0379. The number of aryl methyl sites for hydroxylation is 1. The van der Waals surface area contributed by atoms with Gasteiger partial charge in [0.1, 0.15) is 5.82 Å². The summed E-state index contributed by atoms with van der Waals surface area (Å²) in [4.78, 5) is 42.6. The quantitative estimate of drug-likeness (QED) is 0.454. The van der Waals surface area contributed by atoms with E-state index in [0.717, 1.165) is 29.1 Å². The van der Waals surface area contributed by atoms with Crippen LogP contribution in [0.3, 0.4) is 0 Å². The van der Waals surface area contributed by atoms with Gasteiger partial charge in [0.15, 0.2) is 5.69 Å². The molecule has 3 aromatic rings. The number of carbonyl (C=O) groups excluding carboxylic acids is 1. The largest absolute Gasteiger partial charge is 0.383 e. The molecule has 3 N–H and O–H groups in total. The van der Waals surface area contributed by atoms with Crippen molar-refractivity contribution in [1.29, 1.82) is 0 Å². The third kappa shape index (κ3) is 5.89. The fourth-order valence-electron chi connectivity index (χ4n) is 4.07. The van der Waals surface area contributed by atoms with Crippen LogP contribution in [0.4, 0.5) is 11.5 Å². The van der Waals surface area contributed by atoms with Gasteiger partial charge >= 0.3 is 5.69 Å². The lowest BCUT2D eigenvalue weighted by molar-refractivity contribution is -0.118. The minimum Gasteiger partial charge on any atom is -0.383 e. The van der Waals surface area contributed by atoms with Crippen LogP contribution < -0.4 is 21.9 Å². The number of aromatic nitrogens is 4. The van der Waals surface area contributed by atoms with Gasteiger partial charge in [0.05, 0.1) is 25.3 Å². The minimum atomic E-state index is -0.717. The summed E-state index contributed by atoms with van der Waals surface area (Å²) in [5.74, 6) is -0.00534. The first-order valence-electron chi connectivity index (χ1n) is 11.6. The molecular weight excluding hydrogens is 448 g/mol. The van der Waals surface area contributed by atoms with E-state index in [1.165, 1.54) is 16.6 Å². The minimum absolute atomic E-state index is 0.0379. The number of amides is 1. The molecule has 2 heterocycles. The smallest absolute Gasteiger partial charge is 0.330 e. The number of methoxy groups -OCH3 is 1. The van der Waals surface area contributed by atoms with Crippen molar-refractivity contribution in [1.82, 2.24) is 19.3 Å². The summed E-state index contributed by atoms with van der Waals surface area (Å²) < 4.78 is 8.35. The van der Waals surface area contributed by atoms with E-state index >= 15 is 0 Å². The van der Waals surface area contributed by atoms with Crippen molar-refractivity contribution in [2.45, 2.75) is 47.2 Å². The topological polar surface area (TPSA) is 128 Å². The predicted octanol–water partition coefficient (Wildman–Crippen LogP) is 1.86. The third-order valence-corrected chi connectivity index (χ3v) is 5.89. The summed E-state index contributed by atoms with van der Waals surface area (Å²) in [7, 11) is 1.51. The van der Waals surface area contributed by atoms with Crippen molar-refractivity contribution < 1.29 is 9.53 Å². The molecule has 1 aromatic carbocycles. The second-order valence-corrected chi connectivity index (χ2v) is 9.01. The van der Waals surface area contributed by atoms with Crippen LogP contribution in [-0.4, -0.2) is 45.5 Å². The normalized spacial score (nSPS) is 11.3. The van der Waals surface area contributed by atoms with E-state index in [1.807, 2.05) is 48.9 Å². The molecule has 0 aliphatic heterocycles. The number of nitrogens with zero attached hydrogens (tertiary/aromatic N) is 4. The Morgan fingerprint density at radius 2 is 1.89 bits per heavy atom. The van der Waals surface area contributed by atoms with Crippen LogP contribution in [-0.2, 0) is 29.0 Å². The second-order valence-electron chi connectivity index (χ2n) is 9.01. The summed E-state index contributed by atoms with van der Waals surface area (Å²) in [6.45, 7) is 9.20. The predicted molar refractivity (Wildman–Crippen MR) is 136 cm³/mol. The SMILES string of the molecule is COCCN(C(=O)Cc1c(C)nn(CC(C)C)c1C)c1c(N)n(Cc2ccccc2)c(=O)[nH]c1=O. The number of ether oxygens (including phenoxy) is 1. The molecule has 0 spiro atoms. The lowest BCUT2D eigenvalue weighted by Crippen LogP contribution is -2.43. The molecule has 0 fully saturated rings. The Labute approximate surface area is 204 Å². The summed E-state index contributed by atoms with van der Waals surface area (Å²) >= 11 is 0. The maximum absolute atomic E-state index is 13.6. The average Bonchev–Trinajstić information content (AvgIpc) is 3.06. The molecule has 35 heavy (non-hydrogen) atoms. The third-order valence-electron chi connectivity index (χ3n) is 5.89. The number of H-pyrrole nitrogens is 1. The maximum atomic E-state index is 13.6. The van der Waals surface area contributed by atoms with Crippen LogP contribution in [0.1, 0.15) is 36.4 Å². The van der Waals surface area contributed by atoms with Gasteiger partial charge in [-0.1, -0.05) is 44.2 Å². The highest BCUT2D eigenvalue weighted by Gasteiger charge is 2.26. The summed E-state index contributed by atoms with van der Waals surface area (Å²) in [6, 6.07) is 9.27. The van der Waals surface area contributed by atoms with Crippen LogP contribution >= 0.6 is 0 Å². The Hall–Kier alpha value is -3.66. The fraction of sp³-hybridized carbons (Fsp3) is 0.440. The van der Waals surface area contributed by atoms with Crippen molar-refractivity contribution in [2.75, 3.05) is 30.9 Å².